The fourth-order valence-electron chi connectivity index (χ4n) is 0.927. The molecular formula is C10H16NS+. The molecule has 0 aliphatic carbocycles. The second-order valence-electron chi connectivity index (χ2n) is 3.86. The van der Waals surface area contributed by atoms with Gasteiger partial charge in [0.25, 0.3) is 0 Å². The van der Waals surface area contributed by atoms with Crippen LogP contribution >= 0.6 is 11.8 Å². The summed E-state index contributed by atoms with van der Waals surface area (Å²) >= 11 is 1.89. The summed E-state index contributed by atoms with van der Waals surface area (Å²) in [5, 5.41) is 1.31. The fourth-order valence-corrected chi connectivity index (χ4v) is 1.91. The summed E-state index contributed by atoms with van der Waals surface area (Å²) in [7, 11) is 2.08. The van der Waals surface area contributed by atoms with Crippen LogP contribution in [0.4, 0.5) is 0 Å². The molecule has 1 aromatic rings. The highest BCUT2D eigenvalue weighted by molar-refractivity contribution is 8.00. The maximum absolute atomic E-state index is 2.23. The second-order valence-corrected chi connectivity index (χ2v) is 5.71. The molecule has 0 N–H and O–H groups in total. The molecule has 0 aromatic carbocycles. The fraction of sp³-hybridized carbons (Fsp3) is 0.500. The molecule has 1 nitrogen and oxygen atoms in total. The molecule has 2 heteroatoms. The van der Waals surface area contributed by atoms with E-state index >= 15 is 0 Å². The van der Waals surface area contributed by atoms with E-state index in [9.17, 15) is 0 Å². The van der Waals surface area contributed by atoms with Crippen molar-refractivity contribution in [3.8, 4) is 0 Å². The first kappa shape index (κ1) is 9.59. The average molecular weight is 182 g/mol. The summed E-state index contributed by atoms with van der Waals surface area (Å²) in [6, 6.07) is 6.27. The number of aromatic nitrogens is 1. The van der Waals surface area contributed by atoms with Gasteiger partial charge in [-0.05, 0) is 6.07 Å². The van der Waals surface area contributed by atoms with Crippen molar-refractivity contribution >= 4 is 11.8 Å². The van der Waals surface area contributed by atoms with Crippen molar-refractivity contribution in [3.05, 3.63) is 24.4 Å². The minimum atomic E-state index is 0.291. The van der Waals surface area contributed by atoms with E-state index in [1.165, 1.54) is 5.03 Å². The molecule has 66 valence electrons. The van der Waals surface area contributed by atoms with Crippen molar-refractivity contribution < 1.29 is 4.57 Å². The zero-order chi connectivity index (χ0) is 9.19. The third-order valence-corrected chi connectivity index (χ3v) is 2.66. The molecule has 0 unspecified atom stereocenters. The lowest BCUT2D eigenvalue weighted by Gasteiger charge is -2.14. The predicted octanol–water partition coefficient (Wildman–Crippen LogP) is 2.40. The normalized spacial score (nSPS) is 11.7. The number of rotatable bonds is 1. The molecule has 0 bridgehead atoms. The van der Waals surface area contributed by atoms with Crippen molar-refractivity contribution in [2.24, 2.45) is 7.05 Å². The molecule has 0 aliphatic heterocycles. The van der Waals surface area contributed by atoms with Gasteiger partial charge in [-0.1, -0.05) is 32.5 Å². The molecule has 0 aliphatic rings. The van der Waals surface area contributed by atoms with Crippen LogP contribution in [0, 0.1) is 0 Å². The van der Waals surface area contributed by atoms with Crippen LogP contribution in [0.25, 0.3) is 0 Å². The highest BCUT2D eigenvalue weighted by atomic mass is 32.2. The number of thioether (sulfide) groups is 1. The molecule has 0 spiro atoms. The van der Waals surface area contributed by atoms with Crippen LogP contribution in [0.5, 0.6) is 0 Å². The Kier molecular flexibility index (Phi) is 2.78. The summed E-state index contributed by atoms with van der Waals surface area (Å²) in [6.07, 6.45) is 2.08. The van der Waals surface area contributed by atoms with Crippen molar-refractivity contribution in [1.29, 1.82) is 0 Å². The van der Waals surface area contributed by atoms with E-state index in [1.54, 1.807) is 0 Å². The predicted molar refractivity (Wildman–Crippen MR) is 53.2 cm³/mol. The van der Waals surface area contributed by atoms with Crippen LogP contribution in [0.1, 0.15) is 20.8 Å². The van der Waals surface area contributed by atoms with E-state index in [2.05, 4.69) is 50.7 Å². The molecule has 1 aromatic heterocycles. The Hall–Kier alpha value is -0.500. The lowest BCUT2D eigenvalue weighted by molar-refractivity contribution is -0.708. The van der Waals surface area contributed by atoms with Gasteiger partial charge in [-0.25, -0.2) is 0 Å². The number of pyridine rings is 1. The Morgan fingerprint density at radius 1 is 1.25 bits per heavy atom. The van der Waals surface area contributed by atoms with Crippen LogP contribution in [0.15, 0.2) is 29.4 Å². The monoisotopic (exact) mass is 182 g/mol. The summed E-state index contributed by atoms with van der Waals surface area (Å²) in [5.41, 5.74) is 0. The largest absolute Gasteiger partial charge is 0.240 e. The first-order chi connectivity index (χ1) is 5.49. The van der Waals surface area contributed by atoms with E-state index in [4.69, 9.17) is 0 Å². The van der Waals surface area contributed by atoms with Gasteiger partial charge in [0.2, 0.25) is 5.03 Å². The number of hydrogen-bond donors (Lipinski definition) is 0. The minimum Gasteiger partial charge on any atom is -0.196 e. The Bertz CT molecular complexity index is 263. The van der Waals surface area contributed by atoms with Crippen LogP contribution < -0.4 is 4.57 Å². The Labute approximate surface area is 78.8 Å². The van der Waals surface area contributed by atoms with Crippen LogP contribution in [0.2, 0.25) is 0 Å². The standard InChI is InChI=1S/C10H16NS/c1-10(2,3)12-9-7-5-6-8-11(9)4/h5-8H,1-4H3/q+1. The van der Waals surface area contributed by atoms with E-state index < -0.39 is 0 Å². The molecule has 1 heterocycles. The number of nitrogens with zero attached hydrogens (tertiary/aromatic N) is 1. The zero-order valence-electron chi connectivity index (χ0n) is 8.16. The Morgan fingerprint density at radius 2 is 1.92 bits per heavy atom. The Balaban J connectivity index is 2.83. The summed E-state index contributed by atoms with van der Waals surface area (Å²) < 4.78 is 2.44. The summed E-state index contributed by atoms with van der Waals surface area (Å²) in [5.74, 6) is 0. The first-order valence-electron chi connectivity index (χ1n) is 4.13. The topological polar surface area (TPSA) is 3.88 Å². The van der Waals surface area contributed by atoms with Crippen LogP contribution in [0.3, 0.4) is 0 Å². The lowest BCUT2D eigenvalue weighted by Crippen LogP contribution is -2.31. The van der Waals surface area contributed by atoms with Gasteiger partial charge < -0.3 is 0 Å². The molecule has 0 saturated heterocycles. The van der Waals surface area contributed by atoms with Crippen molar-refractivity contribution in [3.63, 3.8) is 0 Å². The van der Waals surface area contributed by atoms with E-state index in [0.717, 1.165) is 0 Å². The maximum Gasteiger partial charge on any atom is 0.240 e. The number of hydrogen-bond acceptors (Lipinski definition) is 1. The van der Waals surface area contributed by atoms with E-state index in [1.807, 2.05) is 17.8 Å². The van der Waals surface area contributed by atoms with Gasteiger partial charge in [0.1, 0.15) is 7.05 Å². The second kappa shape index (κ2) is 3.48. The lowest BCUT2D eigenvalue weighted by atomic mass is 10.3. The third-order valence-electron chi connectivity index (χ3n) is 1.42. The summed E-state index contributed by atoms with van der Waals surface area (Å²) in [4.78, 5) is 0. The molecule has 12 heavy (non-hydrogen) atoms. The van der Waals surface area contributed by atoms with Gasteiger partial charge in [0.05, 0.1) is 0 Å². The van der Waals surface area contributed by atoms with Gasteiger partial charge in [0.15, 0.2) is 6.20 Å². The molecule has 0 amide bonds. The molecule has 0 saturated carbocycles. The highest BCUT2D eigenvalue weighted by Crippen LogP contribution is 2.28. The zero-order valence-corrected chi connectivity index (χ0v) is 8.98. The maximum atomic E-state index is 2.23. The van der Waals surface area contributed by atoms with Gasteiger partial charge in [-0.15, -0.1) is 0 Å². The van der Waals surface area contributed by atoms with Crippen LogP contribution in [-0.2, 0) is 7.05 Å². The van der Waals surface area contributed by atoms with Gasteiger partial charge in [-0.3, -0.25) is 0 Å². The Morgan fingerprint density at radius 3 is 2.42 bits per heavy atom. The van der Waals surface area contributed by atoms with Crippen molar-refractivity contribution in [2.75, 3.05) is 0 Å². The molecule has 0 fully saturated rings. The van der Waals surface area contributed by atoms with Crippen molar-refractivity contribution in [2.45, 2.75) is 30.5 Å². The summed E-state index contributed by atoms with van der Waals surface area (Å²) in [6.45, 7) is 6.68. The first-order valence-corrected chi connectivity index (χ1v) is 4.94. The van der Waals surface area contributed by atoms with E-state index in [0.29, 0.717) is 4.75 Å². The average Bonchev–Trinajstić information content (AvgIpc) is 1.91. The van der Waals surface area contributed by atoms with E-state index in [-0.39, 0.29) is 0 Å². The van der Waals surface area contributed by atoms with Gasteiger partial charge >= 0.3 is 0 Å². The minimum absolute atomic E-state index is 0.291. The van der Waals surface area contributed by atoms with Crippen LogP contribution in [-0.4, -0.2) is 4.75 Å². The molecule has 0 radical (unpaired) electrons. The number of aryl methyl sites for hydroxylation is 1. The molecule has 0 atom stereocenters. The van der Waals surface area contributed by atoms with Crippen molar-refractivity contribution in [1.82, 2.24) is 0 Å². The molecule has 1 rings (SSSR count). The highest BCUT2D eigenvalue weighted by Gasteiger charge is 2.17. The van der Waals surface area contributed by atoms with Gasteiger partial charge in [-0.2, -0.15) is 4.57 Å². The quantitative estimate of drug-likeness (QED) is 0.476. The SMILES string of the molecule is C[n+]1ccccc1SC(C)(C)C. The smallest absolute Gasteiger partial charge is 0.196 e. The third kappa shape index (κ3) is 2.86. The molecular weight excluding hydrogens is 166 g/mol. The van der Waals surface area contributed by atoms with Gasteiger partial charge in [0, 0.05) is 16.9 Å².